The van der Waals surface area contributed by atoms with Crippen LogP contribution in [0.15, 0.2) is 40.5 Å². The quantitative estimate of drug-likeness (QED) is 0.489. The molecule has 17 heavy (non-hydrogen) atoms. The Labute approximate surface area is 101 Å². The Morgan fingerprint density at radius 1 is 1.18 bits per heavy atom. The van der Waals surface area contributed by atoms with Crippen molar-refractivity contribution in [1.29, 1.82) is 0 Å². The molecule has 2 N–H and O–H groups in total. The minimum atomic E-state index is -0.220. The van der Waals surface area contributed by atoms with Crippen molar-refractivity contribution < 1.29 is 4.79 Å². The van der Waals surface area contributed by atoms with Gasteiger partial charge in [-0.15, -0.1) is 5.10 Å². The smallest absolute Gasteiger partial charge is 0.153 e. The van der Waals surface area contributed by atoms with E-state index in [1.807, 2.05) is 30.3 Å². The van der Waals surface area contributed by atoms with Crippen LogP contribution in [0, 0.1) is 5.92 Å². The molecule has 0 heterocycles. The molecule has 0 aliphatic heterocycles. The number of benzene rings is 1. The fraction of sp³-hybridized carbons (Fsp3) is 0.308. The van der Waals surface area contributed by atoms with Gasteiger partial charge in [0.05, 0.1) is 5.92 Å². The van der Waals surface area contributed by atoms with Crippen LogP contribution in [-0.4, -0.2) is 17.3 Å². The maximum Gasteiger partial charge on any atom is 0.153 e. The number of rotatable bonds is 4. The van der Waals surface area contributed by atoms with Crippen molar-refractivity contribution in [3.63, 3.8) is 0 Å². The summed E-state index contributed by atoms with van der Waals surface area (Å²) in [5.41, 5.74) is 7.26. The summed E-state index contributed by atoms with van der Waals surface area (Å²) in [5.74, 6) is 0.197. The van der Waals surface area contributed by atoms with E-state index in [-0.39, 0.29) is 11.7 Å². The summed E-state index contributed by atoms with van der Waals surface area (Å²) in [6.45, 7) is 5.11. The summed E-state index contributed by atoms with van der Waals surface area (Å²) in [4.78, 5) is 11.1. The van der Waals surface area contributed by atoms with E-state index in [2.05, 4.69) is 10.2 Å². The van der Waals surface area contributed by atoms with Crippen LogP contribution in [0.5, 0.6) is 0 Å². The number of nitrogens with zero attached hydrogens (tertiary/aromatic N) is 2. The average molecular weight is 231 g/mol. The zero-order valence-electron chi connectivity index (χ0n) is 10.3. The third-order valence-electron chi connectivity index (χ3n) is 2.62. The first-order chi connectivity index (χ1) is 8.02. The fourth-order valence-corrected chi connectivity index (χ4v) is 1.18. The maximum absolute atomic E-state index is 11.1. The van der Waals surface area contributed by atoms with Gasteiger partial charge in [-0.3, -0.25) is 4.79 Å². The van der Waals surface area contributed by atoms with Crippen molar-refractivity contribution in [2.45, 2.75) is 20.8 Å². The summed E-state index contributed by atoms with van der Waals surface area (Å²) in [6, 6.07) is 9.39. The van der Waals surface area contributed by atoms with Gasteiger partial charge < -0.3 is 5.73 Å². The molecule has 1 atom stereocenters. The van der Waals surface area contributed by atoms with Crippen LogP contribution in [0.3, 0.4) is 0 Å². The van der Waals surface area contributed by atoms with Gasteiger partial charge in [-0.25, -0.2) is 0 Å². The van der Waals surface area contributed by atoms with Crippen molar-refractivity contribution in [2.24, 2.45) is 21.9 Å². The zero-order chi connectivity index (χ0) is 12.8. The van der Waals surface area contributed by atoms with Crippen molar-refractivity contribution >= 4 is 17.3 Å². The van der Waals surface area contributed by atoms with Crippen molar-refractivity contribution in [3.05, 3.63) is 35.9 Å². The molecule has 4 nitrogen and oxygen atoms in total. The first kappa shape index (κ1) is 13.1. The molecule has 0 spiro atoms. The van der Waals surface area contributed by atoms with Crippen molar-refractivity contribution in [3.8, 4) is 0 Å². The molecule has 0 amide bonds. The number of carbonyl (C=O) groups excluding carboxylic acids is 1. The largest absolute Gasteiger partial charge is 0.382 e. The van der Waals surface area contributed by atoms with Gasteiger partial charge in [-0.2, -0.15) is 5.10 Å². The number of carbonyl (C=O) groups is 1. The van der Waals surface area contributed by atoms with Crippen LogP contribution < -0.4 is 5.73 Å². The van der Waals surface area contributed by atoms with E-state index in [0.717, 1.165) is 5.56 Å². The summed E-state index contributed by atoms with van der Waals surface area (Å²) in [5, 5.41) is 7.91. The SMILES string of the molecule is CC(=O)[C@H](C)/C(C)=N\N=C(N)c1ccccc1. The minimum absolute atomic E-state index is 0.0692. The van der Waals surface area contributed by atoms with Crippen molar-refractivity contribution in [2.75, 3.05) is 0 Å². The third kappa shape index (κ3) is 3.83. The number of Topliss-reactive ketones (excluding diaryl/α,β-unsaturated/α-hetero) is 1. The van der Waals surface area contributed by atoms with Crippen LogP contribution >= 0.6 is 0 Å². The second kappa shape index (κ2) is 5.94. The molecule has 0 bridgehead atoms. The molecule has 1 aromatic carbocycles. The number of nitrogens with two attached hydrogens (primary N) is 1. The average Bonchev–Trinajstić information content (AvgIpc) is 2.35. The Morgan fingerprint density at radius 2 is 1.76 bits per heavy atom. The van der Waals surface area contributed by atoms with E-state index in [9.17, 15) is 4.79 Å². The minimum Gasteiger partial charge on any atom is -0.382 e. The molecule has 0 aliphatic rings. The predicted molar refractivity (Wildman–Crippen MR) is 70.1 cm³/mol. The lowest BCUT2D eigenvalue weighted by atomic mass is 10.0. The Kier molecular flexibility index (Phi) is 4.57. The van der Waals surface area contributed by atoms with Gasteiger partial charge in [0.1, 0.15) is 5.78 Å². The van der Waals surface area contributed by atoms with Gasteiger partial charge in [0.2, 0.25) is 0 Å². The van der Waals surface area contributed by atoms with Crippen LogP contribution in [-0.2, 0) is 4.79 Å². The monoisotopic (exact) mass is 231 g/mol. The lowest BCUT2D eigenvalue weighted by Gasteiger charge is -2.04. The summed E-state index contributed by atoms with van der Waals surface area (Å²) in [7, 11) is 0. The standard InChI is InChI=1S/C13H17N3O/c1-9(11(3)17)10(2)15-16-13(14)12-7-5-4-6-8-12/h4-9H,1-3H3,(H2,14,16)/b15-10-/t9-/m1/s1. The molecular formula is C13H17N3O. The molecule has 0 fully saturated rings. The Balaban J connectivity index is 2.84. The van der Waals surface area contributed by atoms with Gasteiger partial charge in [0.25, 0.3) is 0 Å². The molecule has 0 aromatic heterocycles. The molecule has 0 unspecified atom stereocenters. The highest BCUT2D eigenvalue weighted by molar-refractivity contribution is 6.03. The number of amidine groups is 1. The van der Waals surface area contributed by atoms with Crippen LogP contribution in [0.2, 0.25) is 0 Å². The summed E-state index contributed by atoms with van der Waals surface area (Å²) in [6.07, 6.45) is 0. The van der Waals surface area contributed by atoms with Gasteiger partial charge >= 0.3 is 0 Å². The zero-order valence-corrected chi connectivity index (χ0v) is 10.3. The van der Waals surface area contributed by atoms with Crippen LogP contribution in [0.1, 0.15) is 26.3 Å². The van der Waals surface area contributed by atoms with Crippen LogP contribution in [0.4, 0.5) is 0 Å². The molecule has 0 saturated carbocycles. The predicted octanol–water partition coefficient (Wildman–Crippen LogP) is 1.99. The Hall–Kier alpha value is -1.97. The van der Waals surface area contributed by atoms with Crippen molar-refractivity contribution in [1.82, 2.24) is 0 Å². The molecule has 0 saturated heterocycles. The topological polar surface area (TPSA) is 67.8 Å². The van der Waals surface area contributed by atoms with Crippen LogP contribution in [0.25, 0.3) is 0 Å². The Morgan fingerprint density at radius 3 is 2.29 bits per heavy atom. The molecule has 1 aromatic rings. The molecule has 0 aliphatic carbocycles. The molecule has 90 valence electrons. The Bertz CT molecular complexity index is 449. The van der Waals surface area contributed by atoms with Gasteiger partial charge in [-0.05, 0) is 13.8 Å². The molecular weight excluding hydrogens is 214 g/mol. The normalized spacial score (nSPS) is 14.5. The van der Waals surface area contributed by atoms with Gasteiger partial charge in [0, 0.05) is 11.3 Å². The second-order valence-electron chi connectivity index (χ2n) is 3.92. The molecule has 4 heteroatoms. The van der Waals surface area contributed by atoms with E-state index in [1.165, 1.54) is 6.92 Å². The summed E-state index contributed by atoms with van der Waals surface area (Å²) >= 11 is 0. The highest BCUT2D eigenvalue weighted by Gasteiger charge is 2.10. The van der Waals surface area contributed by atoms with Gasteiger partial charge in [0.15, 0.2) is 5.84 Å². The van der Waals surface area contributed by atoms with E-state index < -0.39 is 0 Å². The first-order valence-electron chi connectivity index (χ1n) is 5.46. The molecule has 0 radical (unpaired) electrons. The summed E-state index contributed by atoms with van der Waals surface area (Å²) < 4.78 is 0. The van der Waals surface area contributed by atoms with E-state index in [4.69, 9.17) is 5.73 Å². The number of hydrogen-bond acceptors (Lipinski definition) is 3. The van der Waals surface area contributed by atoms with E-state index in [1.54, 1.807) is 13.8 Å². The first-order valence-corrected chi connectivity index (χ1v) is 5.46. The highest BCUT2D eigenvalue weighted by Crippen LogP contribution is 2.02. The maximum atomic E-state index is 11.1. The lowest BCUT2D eigenvalue weighted by Crippen LogP contribution is -2.16. The second-order valence-corrected chi connectivity index (χ2v) is 3.92. The number of hydrogen-bond donors (Lipinski definition) is 1. The van der Waals surface area contributed by atoms with Gasteiger partial charge in [-0.1, -0.05) is 37.3 Å². The lowest BCUT2D eigenvalue weighted by molar-refractivity contribution is -0.118. The van der Waals surface area contributed by atoms with E-state index >= 15 is 0 Å². The fourth-order valence-electron chi connectivity index (χ4n) is 1.18. The molecule has 1 rings (SSSR count). The third-order valence-corrected chi connectivity index (χ3v) is 2.62. The van der Waals surface area contributed by atoms with E-state index in [0.29, 0.717) is 11.5 Å². The number of ketones is 1. The highest BCUT2D eigenvalue weighted by atomic mass is 16.1.